The molecule has 1 fully saturated rings. The Balaban J connectivity index is 1.27. The molecule has 3 heterocycles. The van der Waals surface area contributed by atoms with E-state index in [0.717, 1.165) is 42.7 Å². The quantitative estimate of drug-likeness (QED) is 0.248. The third-order valence-corrected chi connectivity index (χ3v) is 8.75. The number of methoxy groups -OCH3 is 1. The summed E-state index contributed by atoms with van der Waals surface area (Å²) in [7, 11) is 3.39. The van der Waals surface area contributed by atoms with E-state index >= 15 is 4.39 Å². The van der Waals surface area contributed by atoms with Gasteiger partial charge in [-0.05, 0) is 67.4 Å². The second kappa shape index (κ2) is 12.7. The average Bonchev–Trinajstić information content (AvgIpc) is 3.20. The summed E-state index contributed by atoms with van der Waals surface area (Å²) >= 11 is 6.42. The monoisotopic (exact) mass is 612 g/mol. The molecule has 0 bridgehead atoms. The SMILES string of the molecule is CCC1CCNCC1N(C)C(=O)c1ccc(Nc2ncc3c(n2)-c2ccc(Cl)cc2C(c2c(F)cccc2OC)=NC3)cc1. The van der Waals surface area contributed by atoms with Crippen molar-refractivity contribution in [2.45, 2.75) is 32.4 Å². The van der Waals surface area contributed by atoms with E-state index in [9.17, 15) is 4.79 Å². The number of nitrogens with zero attached hydrogens (tertiary/aromatic N) is 4. The van der Waals surface area contributed by atoms with Crippen molar-refractivity contribution in [1.29, 1.82) is 0 Å². The van der Waals surface area contributed by atoms with Crippen molar-refractivity contribution in [2.24, 2.45) is 10.9 Å². The third kappa shape index (κ3) is 5.77. The molecule has 0 aliphatic carbocycles. The molecule has 3 aromatic carbocycles. The van der Waals surface area contributed by atoms with E-state index in [1.54, 1.807) is 30.5 Å². The number of ether oxygens (including phenoxy) is 1. The van der Waals surface area contributed by atoms with Crippen LogP contribution in [0.5, 0.6) is 5.75 Å². The number of hydrogen-bond donors (Lipinski definition) is 2. The van der Waals surface area contributed by atoms with E-state index in [2.05, 4.69) is 22.5 Å². The lowest BCUT2D eigenvalue weighted by Crippen LogP contribution is -2.51. The lowest BCUT2D eigenvalue weighted by atomic mass is 9.89. The zero-order chi connectivity index (χ0) is 30.8. The molecule has 6 rings (SSSR count). The number of aliphatic imine (C=N–C) groups is 1. The number of anilines is 2. The molecule has 2 aliphatic heterocycles. The first-order chi connectivity index (χ1) is 21.4. The molecule has 226 valence electrons. The van der Waals surface area contributed by atoms with E-state index in [4.69, 9.17) is 26.3 Å². The van der Waals surface area contributed by atoms with Gasteiger partial charge in [0.25, 0.3) is 5.91 Å². The molecule has 0 spiro atoms. The number of hydrogen-bond acceptors (Lipinski definition) is 7. The van der Waals surface area contributed by atoms with Gasteiger partial charge in [-0.25, -0.2) is 14.4 Å². The highest BCUT2D eigenvalue weighted by Gasteiger charge is 2.30. The van der Waals surface area contributed by atoms with Gasteiger partial charge in [0.1, 0.15) is 11.6 Å². The van der Waals surface area contributed by atoms with Gasteiger partial charge in [-0.15, -0.1) is 0 Å². The van der Waals surface area contributed by atoms with Crippen LogP contribution >= 0.6 is 11.6 Å². The Morgan fingerprint density at radius 1 is 1.16 bits per heavy atom. The first-order valence-corrected chi connectivity index (χ1v) is 15.1. The minimum absolute atomic E-state index is 0.00235. The number of halogens is 2. The zero-order valence-corrected chi connectivity index (χ0v) is 25.7. The van der Waals surface area contributed by atoms with Crippen LogP contribution in [0, 0.1) is 11.7 Å². The molecule has 0 saturated carbocycles. The molecule has 2 unspecified atom stereocenters. The summed E-state index contributed by atoms with van der Waals surface area (Å²) in [6.45, 7) is 4.24. The standard InChI is InChI=1S/C34H34ClFN6O2/c1-4-20-14-15-37-19-28(20)42(2)33(43)21-8-11-24(12-9-21)40-34-39-18-22-17-38-32(30-27(36)6-5-7-29(30)44-3)26-16-23(35)10-13-25(26)31(22)41-34/h5-13,16,18,20,28,37H,4,14-15,17,19H2,1-3H3,(H,39,40,41). The molecule has 4 aromatic rings. The van der Waals surface area contributed by atoms with Crippen LogP contribution in [-0.2, 0) is 6.54 Å². The van der Waals surface area contributed by atoms with Crippen molar-refractivity contribution < 1.29 is 13.9 Å². The third-order valence-electron chi connectivity index (χ3n) is 8.52. The predicted molar refractivity (Wildman–Crippen MR) is 172 cm³/mol. The number of fused-ring (bicyclic) bond motifs is 3. The Kier molecular flexibility index (Phi) is 8.59. The fraction of sp³-hybridized carbons (Fsp3) is 0.294. The molecule has 1 aromatic heterocycles. The summed E-state index contributed by atoms with van der Waals surface area (Å²) in [5.74, 6) is 0.812. The second-order valence-electron chi connectivity index (χ2n) is 11.1. The Bertz CT molecular complexity index is 1730. The number of amides is 1. The fourth-order valence-corrected chi connectivity index (χ4v) is 6.28. The van der Waals surface area contributed by atoms with Gasteiger partial charge in [0.2, 0.25) is 5.95 Å². The number of likely N-dealkylation sites (N-methyl/N-ethyl adjacent to an activating group) is 1. The van der Waals surface area contributed by atoms with Crippen LogP contribution in [0.4, 0.5) is 16.0 Å². The van der Waals surface area contributed by atoms with Crippen molar-refractivity contribution in [3.05, 3.63) is 100.0 Å². The predicted octanol–water partition coefficient (Wildman–Crippen LogP) is 6.50. The largest absolute Gasteiger partial charge is 0.496 e. The normalized spacial score (nSPS) is 17.5. The van der Waals surface area contributed by atoms with Gasteiger partial charge in [0, 0.05) is 58.8 Å². The Labute approximate surface area is 261 Å². The fourth-order valence-electron chi connectivity index (χ4n) is 6.11. The number of piperidine rings is 1. The van der Waals surface area contributed by atoms with E-state index in [0.29, 0.717) is 45.2 Å². The van der Waals surface area contributed by atoms with Crippen LogP contribution in [0.1, 0.15) is 46.8 Å². The summed E-state index contributed by atoms with van der Waals surface area (Å²) in [5.41, 5.74) is 4.93. The molecule has 2 N–H and O–H groups in total. The highest BCUT2D eigenvalue weighted by atomic mass is 35.5. The molecular formula is C34H34ClFN6O2. The zero-order valence-electron chi connectivity index (χ0n) is 24.9. The molecule has 10 heteroatoms. The van der Waals surface area contributed by atoms with E-state index < -0.39 is 5.82 Å². The topological polar surface area (TPSA) is 91.7 Å². The molecule has 1 saturated heterocycles. The summed E-state index contributed by atoms with van der Waals surface area (Å²) < 4.78 is 20.7. The number of rotatable bonds is 7. The minimum Gasteiger partial charge on any atom is -0.496 e. The number of benzene rings is 3. The van der Waals surface area contributed by atoms with Crippen LogP contribution in [0.25, 0.3) is 11.3 Å². The van der Waals surface area contributed by atoms with Crippen molar-refractivity contribution >= 4 is 34.9 Å². The highest BCUT2D eigenvalue weighted by molar-refractivity contribution is 6.31. The smallest absolute Gasteiger partial charge is 0.253 e. The van der Waals surface area contributed by atoms with Gasteiger partial charge in [0.15, 0.2) is 0 Å². The molecule has 1 amide bonds. The van der Waals surface area contributed by atoms with Crippen LogP contribution in [-0.4, -0.2) is 59.8 Å². The van der Waals surface area contributed by atoms with Gasteiger partial charge in [-0.2, -0.15) is 0 Å². The van der Waals surface area contributed by atoms with Crippen LogP contribution < -0.4 is 15.4 Å². The minimum atomic E-state index is -0.442. The van der Waals surface area contributed by atoms with E-state index in [1.807, 2.05) is 42.3 Å². The molecular weight excluding hydrogens is 579 g/mol. The lowest BCUT2D eigenvalue weighted by Gasteiger charge is -2.38. The maximum Gasteiger partial charge on any atom is 0.253 e. The van der Waals surface area contributed by atoms with Crippen molar-refractivity contribution in [1.82, 2.24) is 20.2 Å². The van der Waals surface area contributed by atoms with Crippen LogP contribution in [0.15, 0.2) is 71.9 Å². The number of carbonyl (C=O) groups excluding carboxylic acids is 1. The summed E-state index contributed by atoms with van der Waals surface area (Å²) in [6, 6.07) is 17.6. The molecule has 44 heavy (non-hydrogen) atoms. The average molecular weight is 613 g/mol. The summed E-state index contributed by atoms with van der Waals surface area (Å²) in [4.78, 5) is 29.3. The molecule has 2 aliphatic rings. The van der Waals surface area contributed by atoms with E-state index in [-0.39, 0.29) is 24.1 Å². The maximum absolute atomic E-state index is 15.2. The molecule has 2 atom stereocenters. The van der Waals surface area contributed by atoms with Gasteiger partial charge in [-0.1, -0.05) is 37.1 Å². The van der Waals surface area contributed by atoms with Crippen molar-refractivity contribution in [2.75, 3.05) is 32.6 Å². The first-order valence-electron chi connectivity index (χ1n) is 14.8. The molecule has 0 radical (unpaired) electrons. The van der Waals surface area contributed by atoms with Gasteiger partial charge in [0.05, 0.1) is 30.6 Å². The first kappa shape index (κ1) is 29.7. The summed E-state index contributed by atoms with van der Waals surface area (Å²) in [5, 5.41) is 7.18. The maximum atomic E-state index is 15.2. The van der Waals surface area contributed by atoms with Gasteiger partial charge in [-0.3, -0.25) is 9.79 Å². The van der Waals surface area contributed by atoms with E-state index in [1.165, 1.54) is 13.2 Å². The van der Waals surface area contributed by atoms with Crippen molar-refractivity contribution in [3.8, 4) is 17.0 Å². The van der Waals surface area contributed by atoms with Gasteiger partial charge >= 0.3 is 0 Å². The Morgan fingerprint density at radius 2 is 1.98 bits per heavy atom. The molecule has 8 nitrogen and oxygen atoms in total. The second-order valence-corrected chi connectivity index (χ2v) is 11.5. The number of aromatic nitrogens is 2. The van der Waals surface area contributed by atoms with Crippen LogP contribution in [0.3, 0.4) is 0 Å². The highest BCUT2D eigenvalue weighted by Crippen LogP contribution is 2.36. The Morgan fingerprint density at radius 3 is 2.75 bits per heavy atom. The number of nitrogens with one attached hydrogen (secondary N) is 2. The van der Waals surface area contributed by atoms with Gasteiger partial charge < -0.3 is 20.3 Å². The van der Waals surface area contributed by atoms with Crippen LogP contribution in [0.2, 0.25) is 5.02 Å². The number of carbonyl (C=O) groups is 1. The lowest BCUT2D eigenvalue weighted by molar-refractivity contribution is 0.0631. The Hall–Kier alpha value is -4.34. The van der Waals surface area contributed by atoms with Crippen molar-refractivity contribution in [3.63, 3.8) is 0 Å². The summed E-state index contributed by atoms with van der Waals surface area (Å²) in [6.07, 6.45) is 3.85.